The van der Waals surface area contributed by atoms with Crippen LogP contribution in [0.15, 0.2) is 0 Å². The average Bonchev–Trinajstić information content (AvgIpc) is 2.87. The molecule has 2 atom stereocenters. The fraction of sp³-hybridized carbons (Fsp3) is 0.909. The minimum atomic E-state index is 0.203. The summed E-state index contributed by atoms with van der Waals surface area (Å²) in [5.74, 6) is 1.86. The standard InChI is InChI=1S/C11H20N2O/c1-8-6-12-7-10(8)11(14)13-5-4-9-2-3-9/h8-10,12H,2-7H2,1H3,(H,13,14). The van der Waals surface area contributed by atoms with E-state index in [2.05, 4.69) is 17.6 Å². The van der Waals surface area contributed by atoms with Crippen molar-refractivity contribution in [2.24, 2.45) is 17.8 Å². The van der Waals surface area contributed by atoms with Gasteiger partial charge in [0, 0.05) is 13.1 Å². The van der Waals surface area contributed by atoms with E-state index in [0.29, 0.717) is 5.92 Å². The number of amides is 1. The van der Waals surface area contributed by atoms with Crippen molar-refractivity contribution in [2.75, 3.05) is 19.6 Å². The maximum atomic E-state index is 11.7. The van der Waals surface area contributed by atoms with Crippen molar-refractivity contribution in [3.63, 3.8) is 0 Å². The SMILES string of the molecule is CC1CNCC1C(=O)NCCC1CC1. The first-order chi connectivity index (χ1) is 6.77. The minimum absolute atomic E-state index is 0.203. The number of hydrogen-bond donors (Lipinski definition) is 2. The van der Waals surface area contributed by atoms with Gasteiger partial charge in [-0.3, -0.25) is 4.79 Å². The minimum Gasteiger partial charge on any atom is -0.356 e. The Morgan fingerprint density at radius 1 is 1.43 bits per heavy atom. The fourth-order valence-corrected chi connectivity index (χ4v) is 2.10. The molecular weight excluding hydrogens is 176 g/mol. The molecule has 1 saturated carbocycles. The Balaban J connectivity index is 1.65. The molecule has 2 aliphatic rings. The molecule has 1 amide bonds. The van der Waals surface area contributed by atoms with Gasteiger partial charge in [0.1, 0.15) is 0 Å². The van der Waals surface area contributed by atoms with Crippen LogP contribution < -0.4 is 10.6 Å². The van der Waals surface area contributed by atoms with Gasteiger partial charge in [-0.05, 0) is 24.8 Å². The van der Waals surface area contributed by atoms with Crippen molar-refractivity contribution in [3.8, 4) is 0 Å². The van der Waals surface area contributed by atoms with Gasteiger partial charge in [-0.1, -0.05) is 19.8 Å². The number of carbonyl (C=O) groups excluding carboxylic acids is 1. The highest BCUT2D eigenvalue weighted by Crippen LogP contribution is 2.31. The third kappa shape index (κ3) is 2.47. The first-order valence-electron chi connectivity index (χ1n) is 5.76. The Labute approximate surface area is 85.6 Å². The quantitative estimate of drug-likeness (QED) is 0.697. The summed E-state index contributed by atoms with van der Waals surface area (Å²) in [5, 5.41) is 6.30. The first-order valence-corrected chi connectivity index (χ1v) is 5.76. The number of nitrogens with one attached hydrogen (secondary N) is 2. The molecule has 1 aliphatic carbocycles. The van der Waals surface area contributed by atoms with E-state index in [0.717, 1.165) is 25.6 Å². The van der Waals surface area contributed by atoms with Crippen LogP contribution in [0.3, 0.4) is 0 Å². The summed E-state index contributed by atoms with van der Waals surface area (Å²) >= 11 is 0. The van der Waals surface area contributed by atoms with Crippen LogP contribution in [-0.2, 0) is 4.79 Å². The molecule has 1 saturated heterocycles. The summed E-state index contributed by atoms with van der Waals surface area (Å²) in [4.78, 5) is 11.7. The van der Waals surface area contributed by atoms with Gasteiger partial charge in [-0.15, -0.1) is 0 Å². The highest BCUT2D eigenvalue weighted by Gasteiger charge is 2.29. The van der Waals surface area contributed by atoms with Crippen molar-refractivity contribution in [1.29, 1.82) is 0 Å². The molecule has 3 nitrogen and oxygen atoms in total. The van der Waals surface area contributed by atoms with Crippen molar-refractivity contribution >= 4 is 5.91 Å². The predicted octanol–water partition coefficient (Wildman–Crippen LogP) is 0.758. The first kappa shape index (κ1) is 9.97. The van der Waals surface area contributed by atoms with Crippen LogP contribution in [0.25, 0.3) is 0 Å². The zero-order valence-corrected chi connectivity index (χ0v) is 8.88. The van der Waals surface area contributed by atoms with Gasteiger partial charge in [0.15, 0.2) is 0 Å². The molecule has 0 aromatic carbocycles. The summed E-state index contributed by atoms with van der Waals surface area (Å²) in [6, 6.07) is 0. The van der Waals surface area contributed by atoms with Crippen LogP contribution in [0.2, 0.25) is 0 Å². The lowest BCUT2D eigenvalue weighted by atomic mass is 9.97. The van der Waals surface area contributed by atoms with Gasteiger partial charge in [-0.2, -0.15) is 0 Å². The van der Waals surface area contributed by atoms with Crippen LogP contribution in [0.1, 0.15) is 26.2 Å². The van der Waals surface area contributed by atoms with Gasteiger partial charge in [0.2, 0.25) is 5.91 Å². The zero-order chi connectivity index (χ0) is 9.97. The van der Waals surface area contributed by atoms with Crippen LogP contribution in [0.5, 0.6) is 0 Å². The summed E-state index contributed by atoms with van der Waals surface area (Å²) in [7, 11) is 0. The third-order valence-corrected chi connectivity index (χ3v) is 3.40. The Morgan fingerprint density at radius 3 is 2.79 bits per heavy atom. The number of hydrogen-bond acceptors (Lipinski definition) is 2. The molecule has 2 N–H and O–H groups in total. The Bertz CT molecular complexity index is 213. The molecule has 3 heteroatoms. The highest BCUT2D eigenvalue weighted by molar-refractivity contribution is 5.79. The van der Waals surface area contributed by atoms with E-state index in [1.807, 2.05) is 0 Å². The van der Waals surface area contributed by atoms with Gasteiger partial charge in [0.05, 0.1) is 5.92 Å². The Hall–Kier alpha value is -0.570. The molecule has 2 rings (SSSR count). The van der Waals surface area contributed by atoms with E-state index >= 15 is 0 Å². The zero-order valence-electron chi connectivity index (χ0n) is 8.88. The largest absolute Gasteiger partial charge is 0.356 e. The highest BCUT2D eigenvalue weighted by atomic mass is 16.1. The van der Waals surface area contributed by atoms with Crippen LogP contribution >= 0.6 is 0 Å². The molecule has 1 aliphatic heterocycles. The molecule has 0 aromatic rings. The van der Waals surface area contributed by atoms with E-state index in [9.17, 15) is 4.79 Å². The van der Waals surface area contributed by atoms with E-state index < -0.39 is 0 Å². The van der Waals surface area contributed by atoms with Crippen molar-refractivity contribution in [3.05, 3.63) is 0 Å². The van der Waals surface area contributed by atoms with Gasteiger partial charge in [-0.25, -0.2) is 0 Å². The summed E-state index contributed by atoms with van der Waals surface area (Å²) in [6.45, 7) is 4.87. The average molecular weight is 196 g/mol. The van der Waals surface area contributed by atoms with Crippen LogP contribution in [-0.4, -0.2) is 25.5 Å². The predicted molar refractivity (Wildman–Crippen MR) is 55.9 cm³/mol. The van der Waals surface area contributed by atoms with E-state index in [4.69, 9.17) is 0 Å². The number of rotatable bonds is 4. The lowest BCUT2D eigenvalue weighted by Gasteiger charge is -2.13. The molecule has 80 valence electrons. The molecule has 0 spiro atoms. The second-order valence-corrected chi connectivity index (χ2v) is 4.77. The van der Waals surface area contributed by atoms with Gasteiger partial charge in [0.25, 0.3) is 0 Å². The smallest absolute Gasteiger partial charge is 0.224 e. The normalized spacial score (nSPS) is 31.8. The van der Waals surface area contributed by atoms with E-state index in [1.54, 1.807) is 0 Å². The molecule has 0 bridgehead atoms. The van der Waals surface area contributed by atoms with Gasteiger partial charge < -0.3 is 10.6 Å². The molecule has 2 unspecified atom stereocenters. The van der Waals surface area contributed by atoms with Gasteiger partial charge >= 0.3 is 0 Å². The maximum Gasteiger partial charge on any atom is 0.224 e. The molecule has 2 fully saturated rings. The third-order valence-electron chi connectivity index (χ3n) is 3.40. The molecular formula is C11H20N2O. The summed E-state index contributed by atoms with van der Waals surface area (Å²) in [6.07, 6.45) is 3.93. The Kier molecular flexibility index (Phi) is 3.06. The lowest BCUT2D eigenvalue weighted by Crippen LogP contribution is -2.35. The fourth-order valence-electron chi connectivity index (χ4n) is 2.10. The maximum absolute atomic E-state index is 11.7. The number of carbonyl (C=O) groups is 1. The second kappa shape index (κ2) is 4.30. The molecule has 14 heavy (non-hydrogen) atoms. The summed E-state index contributed by atoms with van der Waals surface area (Å²) in [5.41, 5.74) is 0. The second-order valence-electron chi connectivity index (χ2n) is 4.77. The van der Waals surface area contributed by atoms with Crippen LogP contribution in [0, 0.1) is 17.8 Å². The molecule has 1 heterocycles. The molecule has 0 radical (unpaired) electrons. The summed E-state index contributed by atoms with van der Waals surface area (Å²) < 4.78 is 0. The van der Waals surface area contributed by atoms with Crippen LogP contribution in [0.4, 0.5) is 0 Å². The van der Waals surface area contributed by atoms with E-state index in [1.165, 1.54) is 19.3 Å². The van der Waals surface area contributed by atoms with Crippen molar-refractivity contribution in [2.45, 2.75) is 26.2 Å². The van der Waals surface area contributed by atoms with E-state index in [-0.39, 0.29) is 11.8 Å². The van der Waals surface area contributed by atoms with Crippen molar-refractivity contribution in [1.82, 2.24) is 10.6 Å². The molecule has 0 aromatic heterocycles. The monoisotopic (exact) mass is 196 g/mol. The Morgan fingerprint density at radius 2 is 2.21 bits per heavy atom. The topological polar surface area (TPSA) is 41.1 Å². The lowest BCUT2D eigenvalue weighted by molar-refractivity contribution is -0.125. The van der Waals surface area contributed by atoms with Crippen molar-refractivity contribution < 1.29 is 4.79 Å².